The highest BCUT2D eigenvalue weighted by molar-refractivity contribution is 7.99. The van der Waals surface area contributed by atoms with Crippen molar-refractivity contribution in [2.24, 2.45) is 9.98 Å². The Hall–Kier alpha value is -0.890. The molecular weight excluding hydrogens is 188 g/mol. The molecule has 0 amide bonds. The van der Waals surface area contributed by atoms with Crippen molar-refractivity contribution in [2.75, 3.05) is 24.6 Å². The van der Waals surface area contributed by atoms with Crippen LogP contribution in [0.1, 0.15) is 12.8 Å². The maximum Gasteiger partial charge on any atom is 0.234 e. The molecule has 72 valence electrons. The largest absolute Gasteiger partial charge is 0.234 e. The van der Waals surface area contributed by atoms with Crippen LogP contribution < -0.4 is 0 Å². The number of carbonyl (C=O) groups excluding carboxylic acids is 2. The lowest BCUT2D eigenvalue weighted by molar-refractivity contribution is 0.562. The standard InChI is InChI=1S/C8H12N2O2S/c11-7-9-3-1-2-5-13-6-4-10-8-12/h1-6H2. The second kappa shape index (κ2) is 11.1. The molecule has 0 fully saturated rings. The quantitative estimate of drug-likeness (QED) is 0.336. The maximum absolute atomic E-state index is 9.67. The zero-order valence-electron chi connectivity index (χ0n) is 7.36. The van der Waals surface area contributed by atoms with Gasteiger partial charge in [0.25, 0.3) is 0 Å². The van der Waals surface area contributed by atoms with Crippen LogP contribution >= 0.6 is 11.8 Å². The fourth-order valence-corrected chi connectivity index (χ4v) is 1.53. The molecule has 0 aromatic carbocycles. The molecule has 0 aliphatic carbocycles. The molecule has 5 heteroatoms. The lowest BCUT2D eigenvalue weighted by atomic mass is 10.3. The summed E-state index contributed by atoms with van der Waals surface area (Å²) < 4.78 is 0. The van der Waals surface area contributed by atoms with Crippen molar-refractivity contribution in [3.63, 3.8) is 0 Å². The third-order valence-electron chi connectivity index (χ3n) is 1.29. The highest BCUT2D eigenvalue weighted by Gasteiger charge is 1.89. The molecule has 0 saturated heterocycles. The van der Waals surface area contributed by atoms with Gasteiger partial charge in [0, 0.05) is 5.75 Å². The second-order valence-corrected chi connectivity index (χ2v) is 3.49. The summed E-state index contributed by atoms with van der Waals surface area (Å²) in [6, 6.07) is 0. The van der Waals surface area contributed by atoms with E-state index in [1.165, 1.54) is 12.2 Å². The van der Waals surface area contributed by atoms with E-state index in [9.17, 15) is 9.59 Å². The number of nitrogens with zero attached hydrogens (tertiary/aromatic N) is 2. The highest BCUT2D eigenvalue weighted by atomic mass is 32.2. The highest BCUT2D eigenvalue weighted by Crippen LogP contribution is 2.03. The molecule has 0 aliphatic heterocycles. The second-order valence-electron chi connectivity index (χ2n) is 2.27. The molecule has 0 bridgehead atoms. The van der Waals surface area contributed by atoms with Crippen LogP contribution in [0.4, 0.5) is 0 Å². The first kappa shape index (κ1) is 12.1. The lowest BCUT2D eigenvalue weighted by Crippen LogP contribution is -1.89. The molecule has 13 heavy (non-hydrogen) atoms. The summed E-state index contributed by atoms with van der Waals surface area (Å²) in [5.74, 6) is 1.87. The summed E-state index contributed by atoms with van der Waals surface area (Å²) in [7, 11) is 0. The Labute approximate surface area is 81.5 Å². The van der Waals surface area contributed by atoms with Crippen LogP contribution in [-0.4, -0.2) is 36.8 Å². The van der Waals surface area contributed by atoms with E-state index in [-0.39, 0.29) is 0 Å². The number of aliphatic imine (C=N–C) groups is 2. The van der Waals surface area contributed by atoms with E-state index < -0.39 is 0 Å². The molecule has 0 unspecified atom stereocenters. The zero-order valence-corrected chi connectivity index (χ0v) is 8.18. The fourth-order valence-electron chi connectivity index (χ4n) is 0.699. The van der Waals surface area contributed by atoms with Gasteiger partial charge in [-0.05, 0) is 18.6 Å². The summed E-state index contributed by atoms with van der Waals surface area (Å²) >= 11 is 1.74. The van der Waals surface area contributed by atoms with E-state index in [0.29, 0.717) is 13.1 Å². The van der Waals surface area contributed by atoms with Crippen LogP contribution in [-0.2, 0) is 9.59 Å². The number of hydrogen-bond donors (Lipinski definition) is 0. The van der Waals surface area contributed by atoms with Crippen LogP contribution in [0, 0.1) is 0 Å². The molecule has 0 rings (SSSR count). The number of isocyanates is 2. The maximum atomic E-state index is 9.67. The van der Waals surface area contributed by atoms with E-state index in [1.807, 2.05) is 0 Å². The van der Waals surface area contributed by atoms with Gasteiger partial charge in [-0.25, -0.2) is 19.6 Å². The third kappa shape index (κ3) is 11.1. The van der Waals surface area contributed by atoms with Gasteiger partial charge >= 0.3 is 0 Å². The Morgan fingerprint density at radius 2 is 1.62 bits per heavy atom. The number of rotatable bonds is 8. The summed E-state index contributed by atoms with van der Waals surface area (Å²) in [6.45, 7) is 1.11. The van der Waals surface area contributed by atoms with Gasteiger partial charge in [-0.3, -0.25) is 0 Å². The van der Waals surface area contributed by atoms with Crippen LogP contribution in [0.5, 0.6) is 0 Å². The average Bonchev–Trinajstić information content (AvgIpc) is 2.16. The Balaban J connectivity index is 2.99. The first-order chi connectivity index (χ1) is 6.41. The molecule has 0 atom stereocenters. The summed E-state index contributed by atoms with van der Waals surface area (Å²) in [5, 5.41) is 0. The molecule has 0 heterocycles. The number of thioether (sulfide) groups is 1. The van der Waals surface area contributed by atoms with E-state index in [4.69, 9.17) is 0 Å². The minimum Gasteiger partial charge on any atom is -0.211 e. The first-order valence-corrected chi connectivity index (χ1v) is 5.22. The van der Waals surface area contributed by atoms with Crippen molar-refractivity contribution >= 4 is 23.9 Å². The molecular formula is C8H12N2O2S. The molecule has 0 spiro atoms. The van der Waals surface area contributed by atoms with Gasteiger partial charge in [0.05, 0.1) is 13.1 Å². The normalized spacial score (nSPS) is 8.62. The van der Waals surface area contributed by atoms with Gasteiger partial charge in [-0.15, -0.1) is 0 Å². The lowest BCUT2D eigenvalue weighted by Gasteiger charge is -1.96. The first-order valence-electron chi connectivity index (χ1n) is 4.07. The predicted molar refractivity (Wildman–Crippen MR) is 52.5 cm³/mol. The minimum atomic E-state index is 0.542. The van der Waals surface area contributed by atoms with Gasteiger partial charge in [0.2, 0.25) is 12.2 Å². The van der Waals surface area contributed by atoms with Crippen molar-refractivity contribution in [3.8, 4) is 0 Å². The van der Waals surface area contributed by atoms with Crippen molar-refractivity contribution in [3.05, 3.63) is 0 Å². The Morgan fingerprint density at radius 3 is 2.31 bits per heavy atom. The Bertz CT molecular complexity index is 186. The van der Waals surface area contributed by atoms with Crippen molar-refractivity contribution in [1.82, 2.24) is 0 Å². The third-order valence-corrected chi connectivity index (χ3v) is 2.33. The number of hydrogen-bond acceptors (Lipinski definition) is 5. The molecule has 0 radical (unpaired) electrons. The van der Waals surface area contributed by atoms with Gasteiger partial charge in [0.1, 0.15) is 0 Å². The molecule has 0 N–H and O–H groups in total. The van der Waals surface area contributed by atoms with Crippen molar-refractivity contribution < 1.29 is 9.59 Å². The average molecular weight is 200 g/mol. The van der Waals surface area contributed by atoms with Gasteiger partial charge in [-0.1, -0.05) is 0 Å². The zero-order chi connectivity index (χ0) is 9.78. The predicted octanol–water partition coefficient (Wildman–Crippen LogP) is 1.17. The molecule has 0 aromatic rings. The summed E-state index contributed by atoms with van der Waals surface area (Å²) in [6.07, 6.45) is 4.93. The van der Waals surface area contributed by atoms with E-state index in [2.05, 4.69) is 9.98 Å². The van der Waals surface area contributed by atoms with Gasteiger partial charge in [0.15, 0.2) is 0 Å². The van der Waals surface area contributed by atoms with E-state index in [0.717, 1.165) is 24.3 Å². The van der Waals surface area contributed by atoms with Crippen LogP contribution in [0.3, 0.4) is 0 Å². The summed E-state index contributed by atoms with van der Waals surface area (Å²) in [4.78, 5) is 26.2. The molecule has 4 nitrogen and oxygen atoms in total. The number of unbranched alkanes of at least 4 members (excludes halogenated alkanes) is 1. The van der Waals surface area contributed by atoms with Crippen LogP contribution in [0.2, 0.25) is 0 Å². The summed E-state index contributed by atoms with van der Waals surface area (Å²) in [5.41, 5.74) is 0. The monoisotopic (exact) mass is 200 g/mol. The molecule has 0 aliphatic rings. The fraction of sp³-hybridized carbons (Fsp3) is 0.750. The molecule has 0 aromatic heterocycles. The van der Waals surface area contributed by atoms with E-state index in [1.54, 1.807) is 11.8 Å². The van der Waals surface area contributed by atoms with Gasteiger partial charge in [-0.2, -0.15) is 11.8 Å². The Kier molecular flexibility index (Phi) is 10.3. The van der Waals surface area contributed by atoms with Crippen LogP contribution in [0.25, 0.3) is 0 Å². The SMILES string of the molecule is O=C=NCCCCSCCN=C=O. The van der Waals surface area contributed by atoms with Crippen molar-refractivity contribution in [1.29, 1.82) is 0 Å². The van der Waals surface area contributed by atoms with Gasteiger partial charge < -0.3 is 0 Å². The van der Waals surface area contributed by atoms with Crippen molar-refractivity contribution in [2.45, 2.75) is 12.8 Å². The topological polar surface area (TPSA) is 58.9 Å². The minimum absolute atomic E-state index is 0.542. The van der Waals surface area contributed by atoms with Crippen LogP contribution in [0.15, 0.2) is 9.98 Å². The molecule has 0 saturated carbocycles. The smallest absolute Gasteiger partial charge is 0.211 e. The Morgan fingerprint density at radius 1 is 0.923 bits per heavy atom. The van der Waals surface area contributed by atoms with E-state index >= 15 is 0 Å².